The van der Waals surface area contributed by atoms with Crippen molar-refractivity contribution < 1.29 is 5.11 Å². The third-order valence-corrected chi connectivity index (χ3v) is 3.55. The molecule has 0 fully saturated rings. The first kappa shape index (κ1) is 14.2. The Hall–Kier alpha value is -1.23. The highest BCUT2D eigenvalue weighted by molar-refractivity contribution is 9.10. The third kappa shape index (κ3) is 4.13. The molecule has 100 valence electrons. The van der Waals surface area contributed by atoms with Crippen molar-refractivity contribution in [1.82, 2.24) is 10.3 Å². The molecule has 0 bridgehead atoms. The average molecular weight is 321 g/mol. The summed E-state index contributed by atoms with van der Waals surface area (Å²) in [6.07, 6.45) is 3.04. The summed E-state index contributed by atoms with van der Waals surface area (Å²) in [5.41, 5.74) is 2.07. The first-order valence-corrected chi connectivity index (χ1v) is 7.03. The minimum atomic E-state index is -0.512. The van der Waals surface area contributed by atoms with E-state index in [-0.39, 0.29) is 6.04 Å². The van der Waals surface area contributed by atoms with Crippen LogP contribution >= 0.6 is 15.9 Å². The van der Waals surface area contributed by atoms with Gasteiger partial charge in [-0.25, -0.2) is 0 Å². The Kier molecular flexibility index (Phi) is 5.07. The Labute approximate surface area is 121 Å². The molecule has 0 amide bonds. The SMILES string of the molecule is C[C@@H](NCC(O)c1cccc(Br)c1)c1ccncc1. The molecule has 1 heterocycles. The highest BCUT2D eigenvalue weighted by Gasteiger charge is 2.10. The Balaban J connectivity index is 1.92. The number of aliphatic hydroxyl groups excluding tert-OH is 1. The van der Waals surface area contributed by atoms with E-state index in [2.05, 4.69) is 33.2 Å². The number of nitrogens with one attached hydrogen (secondary N) is 1. The van der Waals surface area contributed by atoms with Crippen molar-refractivity contribution in [2.24, 2.45) is 0 Å². The molecule has 0 aliphatic heterocycles. The Morgan fingerprint density at radius 2 is 1.95 bits per heavy atom. The summed E-state index contributed by atoms with van der Waals surface area (Å²) >= 11 is 3.41. The topological polar surface area (TPSA) is 45.1 Å². The zero-order chi connectivity index (χ0) is 13.7. The van der Waals surface area contributed by atoms with Gasteiger partial charge in [0, 0.05) is 29.5 Å². The molecular formula is C15H17BrN2O. The van der Waals surface area contributed by atoms with Crippen LogP contribution < -0.4 is 5.32 Å². The maximum absolute atomic E-state index is 10.1. The average Bonchev–Trinajstić information content (AvgIpc) is 2.45. The first-order valence-electron chi connectivity index (χ1n) is 6.23. The number of pyridine rings is 1. The zero-order valence-electron chi connectivity index (χ0n) is 10.8. The van der Waals surface area contributed by atoms with Gasteiger partial charge < -0.3 is 10.4 Å². The van der Waals surface area contributed by atoms with Gasteiger partial charge in [-0.05, 0) is 42.3 Å². The quantitative estimate of drug-likeness (QED) is 0.889. The van der Waals surface area contributed by atoms with E-state index in [1.807, 2.05) is 36.4 Å². The van der Waals surface area contributed by atoms with Gasteiger partial charge in [0.2, 0.25) is 0 Å². The Morgan fingerprint density at radius 1 is 1.21 bits per heavy atom. The zero-order valence-corrected chi connectivity index (χ0v) is 12.3. The van der Waals surface area contributed by atoms with Crippen LogP contribution in [0.3, 0.4) is 0 Å². The largest absolute Gasteiger partial charge is 0.387 e. The van der Waals surface area contributed by atoms with Crippen molar-refractivity contribution in [2.75, 3.05) is 6.54 Å². The highest BCUT2D eigenvalue weighted by Crippen LogP contribution is 2.18. The van der Waals surface area contributed by atoms with Crippen molar-refractivity contribution in [3.05, 3.63) is 64.4 Å². The lowest BCUT2D eigenvalue weighted by Crippen LogP contribution is -2.24. The summed E-state index contributed by atoms with van der Waals surface area (Å²) in [5, 5.41) is 13.5. The number of halogens is 1. The smallest absolute Gasteiger partial charge is 0.0914 e. The lowest BCUT2D eigenvalue weighted by Gasteiger charge is -2.17. The fourth-order valence-corrected chi connectivity index (χ4v) is 2.31. The number of rotatable bonds is 5. The fourth-order valence-electron chi connectivity index (χ4n) is 1.89. The molecule has 1 aromatic heterocycles. The normalized spacial score (nSPS) is 14.1. The van der Waals surface area contributed by atoms with E-state index in [0.29, 0.717) is 6.54 Å². The number of nitrogens with zero attached hydrogens (tertiary/aromatic N) is 1. The van der Waals surface area contributed by atoms with E-state index in [1.54, 1.807) is 12.4 Å². The molecule has 3 nitrogen and oxygen atoms in total. The molecular weight excluding hydrogens is 304 g/mol. The predicted molar refractivity (Wildman–Crippen MR) is 79.8 cm³/mol. The van der Waals surface area contributed by atoms with Crippen molar-refractivity contribution in [1.29, 1.82) is 0 Å². The molecule has 2 aromatic rings. The van der Waals surface area contributed by atoms with E-state index in [1.165, 1.54) is 0 Å². The number of benzene rings is 1. The lowest BCUT2D eigenvalue weighted by molar-refractivity contribution is 0.170. The van der Waals surface area contributed by atoms with E-state index in [0.717, 1.165) is 15.6 Å². The molecule has 19 heavy (non-hydrogen) atoms. The van der Waals surface area contributed by atoms with E-state index < -0.39 is 6.10 Å². The van der Waals surface area contributed by atoms with Crippen molar-refractivity contribution in [2.45, 2.75) is 19.1 Å². The highest BCUT2D eigenvalue weighted by atomic mass is 79.9. The Bertz CT molecular complexity index is 519. The van der Waals surface area contributed by atoms with Gasteiger partial charge in [0.15, 0.2) is 0 Å². The molecule has 0 saturated heterocycles. The molecule has 2 rings (SSSR count). The second kappa shape index (κ2) is 6.80. The standard InChI is InChI=1S/C15H17BrN2O/c1-11(12-5-7-17-8-6-12)18-10-15(19)13-3-2-4-14(16)9-13/h2-9,11,15,18-19H,10H2,1H3/t11-,15?/m1/s1. The van der Waals surface area contributed by atoms with Gasteiger partial charge >= 0.3 is 0 Å². The van der Waals surface area contributed by atoms with Crippen molar-refractivity contribution in [3.63, 3.8) is 0 Å². The number of hydrogen-bond donors (Lipinski definition) is 2. The molecule has 2 N–H and O–H groups in total. The van der Waals surface area contributed by atoms with Crippen molar-refractivity contribution in [3.8, 4) is 0 Å². The van der Waals surface area contributed by atoms with E-state index in [9.17, 15) is 5.11 Å². The second-order valence-corrected chi connectivity index (χ2v) is 5.40. The predicted octanol–water partition coefficient (Wildman–Crippen LogP) is 3.23. The van der Waals surface area contributed by atoms with E-state index >= 15 is 0 Å². The summed E-state index contributed by atoms with van der Waals surface area (Å²) in [7, 11) is 0. The molecule has 0 aliphatic carbocycles. The van der Waals surface area contributed by atoms with Crippen LogP contribution in [0.4, 0.5) is 0 Å². The summed E-state index contributed by atoms with van der Waals surface area (Å²) in [4.78, 5) is 4.00. The second-order valence-electron chi connectivity index (χ2n) is 4.48. The van der Waals surface area contributed by atoms with Crippen LogP contribution in [0.1, 0.15) is 30.2 Å². The lowest BCUT2D eigenvalue weighted by atomic mass is 10.1. The molecule has 0 saturated carbocycles. The summed E-state index contributed by atoms with van der Waals surface area (Å²) in [5.74, 6) is 0. The van der Waals surface area contributed by atoms with Crippen LogP contribution in [0.15, 0.2) is 53.3 Å². The summed E-state index contributed by atoms with van der Waals surface area (Å²) in [6.45, 7) is 2.59. The van der Waals surface area contributed by atoms with Crippen LogP contribution in [0, 0.1) is 0 Å². The van der Waals surface area contributed by atoms with Gasteiger partial charge in [0.1, 0.15) is 0 Å². The van der Waals surface area contributed by atoms with Gasteiger partial charge in [-0.3, -0.25) is 4.98 Å². The van der Waals surface area contributed by atoms with Crippen LogP contribution in [-0.4, -0.2) is 16.6 Å². The number of aliphatic hydroxyl groups is 1. The Morgan fingerprint density at radius 3 is 2.63 bits per heavy atom. The minimum absolute atomic E-state index is 0.185. The van der Waals surface area contributed by atoms with Gasteiger partial charge in [-0.15, -0.1) is 0 Å². The summed E-state index contributed by atoms with van der Waals surface area (Å²) in [6, 6.07) is 11.9. The molecule has 0 spiro atoms. The fraction of sp³-hybridized carbons (Fsp3) is 0.267. The van der Waals surface area contributed by atoms with Crippen LogP contribution in [0.25, 0.3) is 0 Å². The van der Waals surface area contributed by atoms with Gasteiger partial charge in [-0.1, -0.05) is 28.1 Å². The van der Waals surface area contributed by atoms with Gasteiger partial charge in [0.05, 0.1) is 6.10 Å². The molecule has 0 radical (unpaired) electrons. The number of hydrogen-bond acceptors (Lipinski definition) is 3. The monoisotopic (exact) mass is 320 g/mol. The summed E-state index contributed by atoms with van der Waals surface area (Å²) < 4.78 is 0.978. The minimum Gasteiger partial charge on any atom is -0.387 e. The third-order valence-electron chi connectivity index (χ3n) is 3.06. The van der Waals surface area contributed by atoms with Crippen LogP contribution in [-0.2, 0) is 0 Å². The molecule has 2 atom stereocenters. The van der Waals surface area contributed by atoms with Gasteiger partial charge in [0.25, 0.3) is 0 Å². The van der Waals surface area contributed by atoms with Crippen LogP contribution in [0.2, 0.25) is 0 Å². The molecule has 4 heteroatoms. The van der Waals surface area contributed by atoms with Crippen molar-refractivity contribution >= 4 is 15.9 Å². The molecule has 1 unspecified atom stereocenters. The van der Waals surface area contributed by atoms with Gasteiger partial charge in [-0.2, -0.15) is 0 Å². The van der Waals surface area contributed by atoms with E-state index in [4.69, 9.17) is 0 Å². The number of aromatic nitrogens is 1. The maximum Gasteiger partial charge on any atom is 0.0914 e. The first-order chi connectivity index (χ1) is 9.16. The molecule has 0 aliphatic rings. The maximum atomic E-state index is 10.1. The molecule has 1 aromatic carbocycles. The van der Waals surface area contributed by atoms with Crippen LogP contribution in [0.5, 0.6) is 0 Å².